The van der Waals surface area contributed by atoms with E-state index in [0.717, 1.165) is 35.8 Å². The summed E-state index contributed by atoms with van der Waals surface area (Å²) in [7, 11) is 3.29. The van der Waals surface area contributed by atoms with Gasteiger partial charge in [-0.2, -0.15) is 0 Å². The third-order valence-electron chi connectivity index (χ3n) is 7.03. The highest BCUT2D eigenvalue weighted by molar-refractivity contribution is 5.99. The Morgan fingerprint density at radius 3 is 2.30 bits per heavy atom. The summed E-state index contributed by atoms with van der Waals surface area (Å²) < 4.78 is 10.5. The molecule has 1 N–H and O–H groups in total. The van der Waals surface area contributed by atoms with Crippen LogP contribution in [0.3, 0.4) is 0 Å². The number of amides is 2. The van der Waals surface area contributed by atoms with Crippen molar-refractivity contribution in [1.82, 2.24) is 9.80 Å². The fourth-order valence-corrected chi connectivity index (χ4v) is 4.96. The van der Waals surface area contributed by atoms with Gasteiger partial charge in [0.05, 0.1) is 13.7 Å². The molecule has 0 spiro atoms. The quantitative estimate of drug-likeness (QED) is 0.506. The first-order chi connectivity index (χ1) is 18.1. The lowest BCUT2D eigenvalue weighted by Gasteiger charge is -2.36. The van der Waals surface area contributed by atoms with E-state index in [1.807, 2.05) is 65.6 Å². The van der Waals surface area contributed by atoms with Crippen LogP contribution in [0.2, 0.25) is 0 Å². The zero-order valence-electron chi connectivity index (χ0n) is 21.2. The molecule has 37 heavy (non-hydrogen) atoms. The molecule has 1 fully saturated rings. The van der Waals surface area contributed by atoms with Crippen LogP contribution in [-0.4, -0.2) is 75.2 Å². The van der Waals surface area contributed by atoms with Crippen LogP contribution >= 0.6 is 0 Å². The van der Waals surface area contributed by atoms with E-state index in [9.17, 15) is 9.59 Å². The lowest BCUT2D eigenvalue weighted by molar-refractivity contribution is 0.0674. The third kappa shape index (κ3) is 5.11. The molecule has 8 nitrogen and oxygen atoms in total. The highest BCUT2D eigenvalue weighted by Gasteiger charge is 2.36. The van der Waals surface area contributed by atoms with Gasteiger partial charge in [0.25, 0.3) is 11.8 Å². The summed E-state index contributed by atoms with van der Waals surface area (Å²) in [4.78, 5) is 32.1. The molecule has 5 rings (SSSR count). The van der Waals surface area contributed by atoms with E-state index in [-0.39, 0.29) is 18.0 Å². The first-order valence-corrected chi connectivity index (χ1v) is 12.5. The van der Waals surface area contributed by atoms with Crippen molar-refractivity contribution in [1.29, 1.82) is 0 Å². The molecule has 0 aromatic heterocycles. The van der Waals surface area contributed by atoms with E-state index < -0.39 is 0 Å². The summed E-state index contributed by atoms with van der Waals surface area (Å²) in [5, 5.41) is 3.47. The van der Waals surface area contributed by atoms with Gasteiger partial charge < -0.3 is 29.5 Å². The summed E-state index contributed by atoms with van der Waals surface area (Å²) in [6.45, 7) is 3.84. The molecule has 0 aliphatic carbocycles. The molecule has 1 saturated heterocycles. The molecule has 2 heterocycles. The normalized spacial score (nSPS) is 17.1. The Hall–Kier alpha value is -4.04. The molecule has 8 heteroatoms. The number of benzene rings is 3. The minimum absolute atomic E-state index is 0.00858. The summed E-state index contributed by atoms with van der Waals surface area (Å²) >= 11 is 0. The van der Waals surface area contributed by atoms with Crippen LogP contribution in [0.5, 0.6) is 5.75 Å². The number of carbonyl (C=O) groups is 2. The second-order valence-corrected chi connectivity index (χ2v) is 9.18. The van der Waals surface area contributed by atoms with E-state index in [1.54, 1.807) is 19.1 Å². The van der Waals surface area contributed by atoms with Gasteiger partial charge in [-0.3, -0.25) is 9.59 Å². The Morgan fingerprint density at radius 2 is 1.62 bits per heavy atom. The van der Waals surface area contributed by atoms with Crippen LogP contribution in [-0.2, 0) is 4.74 Å². The number of anilines is 2. The largest absolute Gasteiger partial charge is 0.497 e. The van der Waals surface area contributed by atoms with E-state index >= 15 is 0 Å². The molecule has 2 aliphatic heterocycles. The van der Waals surface area contributed by atoms with Gasteiger partial charge in [-0.25, -0.2) is 0 Å². The molecule has 0 radical (unpaired) electrons. The average molecular weight is 501 g/mol. The maximum absolute atomic E-state index is 13.2. The monoisotopic (exact) mass is 500 g/mol. The van der Waals surface area contributed by atoms with Gasteiger partial charge in [0.1, 0.15) is 11.9 Å². The number of nitrogens with zero attached hydrogens (tertiary/aromatic N) is 3. The number of hydrogen-bond acceptors (Lipinski definition) is 6. The van der Waals surface area contributed by atoms with Gasteiger partial charge in [-0.15, -0.1) is 0 Å². The molecule has 0 bridgehead atoms. The number of rotatable bonds is 8. The van der Waals surface area contributed by atoms with E-state index in [4.69, 9.17) is 9.47 Å². The highest BCUT2D eigenvalue weighted by Crippen LogP contribution is 2.34. The van der Waals surface area contributed by atoms with Gasteiger partial charge >= 0.3 is 0 Å². The number of fused-ring (bicyclic) bond motifs is 1. The van der Waals surface area contributed by atoms with Crippen molar-refractivity contribution in [3.63, 3.8) is 0 Å². The molecular formula is C29H32N4O4. The molecular weight excluding hydrogens is 468 g/mol. The maximum atomic E-state index is 13.2. The van der Waals surface area contributed by atoms with Crippen LogP contribution in [0, 0.1) is 0 Å². The van der Waals surface area contributed by atoms with Crippen LogP contribution < -0.4 is 15.0 Å². The number of hydrogen-bond donors (Lipinski definition) is 1. The Morgan fingerprint density at radius 1 is 0.919 bits per heavy atom. The Bertz CT molecular complexity index is 1240. The number of ether oxygens (including phenoxy) is 2. The van der Waals surface area contributed by atoms with Crippen molar-refractivity contribution in [2.75, 3.05) is 63.8 Å². The van der Waals surface area contributed by atoms with Crippen LogP contribution in [0.15, 0.2) is 72.8 Å². The highest BCUT2D eigenvalue weighted by atomic mass is 16.5. The van der Waals surface area contributed by atoms with Crippen molar-refractivity contribution < 1.29 is 19.1 Å². The lowest BCUT2D eigenvalue weighted by atomic mass is 10.1. The third-order valence-corrected chi connectivity index (χ3v) is 7.03. The van der Waals surface area contributed by atoms with E-state index in [2.05, 4.69) is 22.3 Å². The molecule has 2 aliphatic rings. The van der Waals surface area contributed by atoms with Gasteiger partial charge in [-0.05, 0) is 54.6 Å². The summed E-state index contributed by atoms with van der Waals surface area (Å²) in [6, 6.07) is 23.2. The lowest BCUT2D eigenvalue weighted by Crippen LogP contribution is -2.48. The second kappa shape index (κ2) is 10.9. The Labute approximate surface area is 217 Å². The zero-order chi connectivity index (χ0) is 25.8. The molecule has 2 amide bonds. The van der Waals surface area contributed by atoms with Gasteiger partial charge in [0, 0.05) is 67.9 Å². The molecule has 1 atom stereocenters. The Balaban J connectivity index is 1.22. The fourth-order valence-electron chi connectivity index (χ4n) is 4.96. The maximum Gasteiger partial charge on any atom is 0.256 e. The standard InChI is InChI=1S/C29H32N4O4/c1-36-20-19-33-27(25-5-3-4-6-26(25)29(33)35)30-22-9-7-21(8-10-22)28(34)32-17-15-31(16-18-32)23-11-13-24(37-2)14-12-23/h3-14,27,30H,15-20H2,1-2H3. The van der Waals surface area contributed by atoms with Crippen molar-refractivity contribution >= 4 is 23.2 Å². The van der Waals surface area contributed by atoms with Crippen molar-refractivity contribution in [3.8, 4) is 5.75 Å². The minimum atomic E-state index is -0.286. The smallest absolute Gasteiger partial charge is 0.256 e. The van der Waals surface area contributed by atoms with Crippen LogP contribution in [0.4, 0.5) is 11.4 Å². The van der Waals surface area contributed by atoms with Gasteiger partial charge in [0.15, 0.2) is 0 Å². The van der Waals surface area contributed by atoms with Crippen molar-refractivity contribution in [2.24, 2.45) is 0 Å². The molecule has 1 unspecified atom stereocenters. The van der Waals surface area contributed by atoms with Gasteiger partial charge in [0.2, 0.25) is 0 Å². The number of piperazine rings is 1. The first kappa shape index (κ1) is 24.6. The van der Waals surface area contributed by atoms with E-state index in [1.165, 1.54) is 0 Å². The zero-order valence-corrected chi connectivity index (χ0v) is 21.2. The van der Waals surface area contributed by atoms with E-state index in [0.29, 0.717) is 37.4 Å². The fraction of sp³-hybridized carbons (Fsp3) is 0.310. The van der Waals surface area contributed by atoms with Crippen LogP contribution in [0.25, 0.3) is 0 Å². The molecule has 3 aromatic rings. The number of carbonyl (C=O) groups excluding carboxylic acids is 2. The first-order valence-electron chi connectivity index (χ1n) is 12.5. The Kier molecular flexibility index (Phi) is 7.28. The number of nitrogens with one attached hydrogen (secondary N) is 1. The minimum Gasteiger partial charge on any atom is -0.497 e. The molecule has 192 valence electrons. The molecule has 3 aromatic carbocycles. The van der Waals surface area contributed by atoms with Crippen molar-refractivity contribution in [3.05, 3.63) is 89.5 Å². The predicted molar refractivity (Wildman–Crippen MR) is 143 cm³/mol. The summed E-state index contributed by atoms with van der Waals surface area (Å²) in [5.74, 6) is 0.858. The summed E-state index contributed by atoms with van der Waals surface area (Å²) in [6.07, 6.45) is -0.286. The molecule has 0 saturated carbocycles. The predicted octanol–water partition coefficient (Wildman–Crippen LogP) is 3.87. The van der Waals surface area contributed by atoms with Crippen LogP contribution in [0.1, 0.15) is 32.4 Å². The SMILES string of the molecule is COCCN1C(=O)c2ccccc2C1Nc1ccc(C(=O)N2CCN(c3ccc(OC)cc3)CC2)cc1. The summed E-state index contributed by atoms with van der Waals surface area (Å²) in [5.41, 5.74) is 4.28. The topological polar surface area (TPSA) is 74.4 Å². The van der Waals surface area contributed by atoms with Gasteiger partial charge in [-0.1, -0.05) is 18.2 Å². The number of methoxy groups -OCH3 is 2. The second-order valence-electron chi connectivity index (χ2n) is 9.18. The average Bonchev–Trinajstić information content (AvgIpc) is 3.22. The van der Waals surface area contributed by atoms with Crippen molar-refractivity contribution in [2.45, 2.75) is 6.17 Å².